The molecule has 0 aliphatic heterocycles. The van der Waals surface area contributed by atoms with Crippen molar-refractivity contribution in [3.05, 3.63) is 54.3 Å². The van der Waals surface area contributed by atoms with E-state index in [1.807, 2.05) is 30.3 Å². The number of nitrogens with zero attached hydrogens (tertiary/aromatic N) is 5. The zero-order valence-corrected chi connectivity index (χ0v) is 12.9. The van der Waals surface area contributed by atoms with E-state index in [4.69, 9.17) is 4.42 Å². The summed E-state index contributed by atoms with van der Waals surface area (Å²) >= 11 is 0. The summed E-state index contributed by atoms with van der Waals surface area (Å²) in [6, 6.07) is 13.0. The molecule has 0 spiro atoms. The molecule has 0 radical (unpaired) electrons. The van der Waals surface area contributed by atoms with E-state index >= 15 is 0 Å². The third kappa shape index (κ3) is 3.85. The summed E-state index contributed by atoms with van der Waals surface area (Å²) in [6.45, 7) is 0.495. The highest BCUT2D eigenvalue weighted by atomic mass is 16.3. The first-order valence-corrected chi connectivity index (χ1v) is 7.50. The Morgan fingerprint density at radius 3 is 2.75 bits per heavy atom. The summed E-state index contributed by atoms with van der Waals surface area (Å²) in [5.41, 5.74) is 0.988. The molecule has 0 atom stereocenters. The van der Waals surface area contributed by atoms with Crippen LogP contribution in [0.1, 0.15) is 5.56 Å². The van der Waals surface area contributed by atoms with Crippen molar-refractivity contribution < 1.29 is 14.3 Å². The number of aromatic nitrogens is 4. The fraction of sp³-hybridized carbons (Fsp3) is 0.250. The highest BCUT2D eigenvalue weighted by Gasteiger charge is 2.17. The lowest BCUT2D eigenvalue weighted by molar-refractivity contribution is -0.133. The molecule has 0 saturated carbocycles. The van der Waals surface area contributed by atoms with E-state index in [0.717, 1.165) is 5.56 Å². The van der Waals surface area contributed by atoms with Gasteiger partial charge in [0, 0.05) is 13.1 Å². The molecule has 0 bridgehead atoms. The molecule has 1 amide bonds. The van der Waals surface area contributed by atoms with E-state index in [-0.39, 0.29) is 25.6 Å². The van der Waals surface area contributed by atoms with Gasteiger partial charge in [-0.3, -0.25) is 4.79 Å². The number of aliphatic hydroxyl groups is 1. The zero-order chi connectivity index (χ0) is 16.8. The molecule has 0 aliphatic carbocycles. The molecule has 124 valence electrons. The van der Waals surface area contributed by atoms with Gasteiger partial charge in [0.25, 0.3) is 0 Å². The summed E-state index contributed by atoms with van der Waals surface area (Å²) in [7, 11) is 0. The number of carbonyl (C=O) groups excluding carboxylic acids is 1. The first kappa shape index (κ1) is 15.9. The van der Waals surface area contributed by atoms with Gasteiger partial charge in [0.15, 0.2) is 5.76 Å². The molecule has 1 aromatic carbocycles. The number of tetrazole rings is 1. The molecule has 8 heteroatoms. The Morgan fingerprint density at radius 1 is 1.21 bits per heavy atom. The van der Waals surface area contributed by atoms with Crippen molar-refractivity contribution in [3.8, 4) is 11.6 Å². The lowest BCUT2D eigenvalue weighted by atomic mass is 10.2. The van der Waals surface area contributed by atoms with Crippen molar-refractivity contribution in [3.63, 3.8) is 0 Å². The van der Waals surface area contributed by atoms with Gasteiger partial charge in [-0.25, -0.2) is 0 Å². The van der Waals surface area contributed by atoms with Crippen LogP contribution in [0.5, 0.6) is 0 Å². The van der Waals surface area contributed by atoms with Crippen LogP contribution in [0.15, 0.2) is 53.1 Å². The second-order valence-electron chi connectivity index (χ2n) is 5.15. The molecule has 2 heterocycles. The minimum Gasteiger partial charge on any atom is -0.461 e. The number of aliphatic hydroxyl groups excluding tert-OH is 1. The van der Waals surface area contributed by atoms with E-state index in [9.17, 15) is 9.90 Å². The molecule has 1 N–H and O–H groups in total. The van der Waals surface area contributed by atoms with Gasteiger partial charge in [-0.05, 0) is 22.9 Å². The van der Waals surface area contributed by atoms with Gasteiger partial charge in [-0.1, -0.05) is 30.3 Å². The van der Waals surface area contributed by atoms with Gasteiger partial charge in [0.2, 0.25) is 11.7 Å². The highest BCUT2D eigenvalue weighted by molar-refractivity contribution is 5.75. The SMILES string of the molecule is O=C(Cn1nnc(-c2ccco2)n1)N(CCO)Cc1ccccc1. The van der Waals surface area contributed by atoms with Gasteiger partial charge >= 0.3 is 0 Å². The Morgan fingerprint density at radius 2 is 2.04 bits per heavy atom. The van der Waals surface area contributed by atoms with E-state index < -0.39 is 0 Å². The molecule has 3 rings (SSSR count). The summed E-state index contributed by atoms with van der Waals surface area (Å²) in [5.74, 6) is 0.617. The predicted octanol–water partition coefficient (Wildman–Crippen LogP) is 0.954. The second kappa shape index (κ2) is 7.51. The van der Waals surface area contributed by atoms with Crippen LogP contribution in [-0.2, 0) is 17.9 Å². The van der Waals surface area contributed by atoms with Crippen LogP contribution >= 0.6 is 0 Å². The molecule has 2 aromatic heterocycles. The molecule has 0 saturated heterocycles. The first-order chi connectivity index (χ1) is 11.8. The van der Waals surface area contributed by atoms with Gasteiger partial charge in [-0.15, -0.1) is 10.2 Å². The van der Waals surface area contributed by atoms with Gasteiger partial charge in [-0.2, -0.15) is 4.80 Å². The predicted molar refractivity (Wildman–Crippen MR) is 84.5 cm³/mol. The average Bonchev–Trinajstić information content (AvgIpc) is 3.26. The fourth-order valence-corrected chi connectivity index (χ4v) is 2.25. The molecule has 0 aliphatic rings. The molecule has 0 unspecified atom stereocenters. The van der Waals surface area contributed by atoms with Crippen molar-refractivity contribution in [1.82, 2.24) is 25.1 Å². The standard InChI is InChI=1S/C16H17N5O3/c22-9-8-20(11-13-5-2-1-3-6-13)15(23)12-21-18-16(17-19-21)14-7-4-10-24-14/h1-7,10,22H,8-9,11-12H2. The topological polar surface area (TPSA) is 97.3 Å². The maximum Gasteiger partial charge on any atom is 0.246 e. The monoisotopic (exact) mass is 327 g/mol. The fourth-order valence-electron chi connectivity index (χ4n) is 2.25. The Kier molecular flexibility index (Phi) is 4.97. The summed E-state index contributed by atoms with van der Waals surface area (Å²) < 4.78 is 5.20. The summed E-state index contributed by atoms with van der Waals surface area (Å²) in [5, 5.41) is 21.1. The first-order valence-electron chi connectivity index (χ1n) is 7.50. The number of hydrogen-bond donors (Lipinski definition) is 1. The molecule has 3 aromatic rings. The second-order valence-corrected chi connectivity index (χ2v) is 5.15. The largest absolute Gasteiger partial charge is 0.461 e. The van der Waals surface area contributed by atoms with Crippen molar-refractivity contribution in [2.45, 2.75) is 13.1 Å². The van der Waals surface area contributed by atoms with Crippen LogP contribution in [0.25, 0.3) is 11.6 Å². The van der Waals surface area contributed by atoms with Crippen molar-refractivity contribution >= 4 is 5.91 Å². The number of furan rings is 1. The van der Waals surface area contributed by atoms with E-state index in [1.165, 1.54) is 11.1 Å². The molecular weight excluding hydrogens is 310 g/mol. The number of rotatable bonds is 7. The molecule has 8 nitrogen and oxygen atoms in total. The zero-order valence-electron chi connectivity index (χ0n) is 12.9. The number of amides is 1. The average molecular weight is 327 g/mol. The lowest BCUT2D eigenvalue weighted by Crippen LogP contribution is -2.36. The third-order valence-corrected chi connectivity index (χ3v) is 3.41. The maximum atomic E-state index is 12.5. The number of hydrogen-bond acceptors (Lipinski definition) is 6. The van der Waals surface area contributed by atoms with Crippen molar-refractivity contribution in [1.29, 1.82) is 0 Å². The van der Waals surface area contributed by atoms with Crippen LogP contribution in [-0.4, -0.2) is 49.3 Å². The van der Waals surface area contributed by atoms with Crippen LogP contribution in [0.3, 0.4) is 0 Å². The number of benzene rings is 1. The van der Waals surface area contributed by atoms with Crippen molar-refractivity contribution in [2.24, 2.45) is 0 Å². The van der Waals surface area contributed by atoms with Gasteiger partial charge in [0.05, 0.1) is 12.9 Å². The minimum atomic E-state index is -0.198. The Labute approximate surface area is 138 Å². The molecule has 24 heavy (non-hydrogen) atoms. The maximum absolute atomic E-state index is 12.5. The van der Waals surface area contributed by atoms with E-state index in [1.54, 1.807) is 17.0 Å². The van der Waals surface area contributed by atoms with Crippen LogP contribution < -0.4 is 0 Å². The number of carbonyl (C=O) groups is 1. The van der Waals surface area contributed by atoms with Gasteiger partial charge in [0.1, 0.15) is 6.54 Å². The minimum absolute atomic E-state index is 0.0550. The molecule has 0 fully saturated rings. The Hall–Kier alpha value is -3.00. The highest BCUT2D eigenvalue weighted by Crippen LogP contribution is 2.13. The normalized spacial score (nSPS) is 10.7. The quantitative estimate of drug-likeness (QED) is 0.694. The van der Waals surface area contributed by atoms with Crippen LogP contribution in [0.2, 0.25) is 0 Å². The smallest absolute Gasteiger partial charge is 0.246 e. The van der Waals surface area contributed by atoms with Crippen LogP contribution in [0.4, 0.5) is 0 Å². The van der Waals surface area contributed by atoms with Crippen LogP contribution in [0, 0.1) is 0 Å². The molecular formula is C16H17N5O3. The van der Waals surface area contributed by atoms with Gasteiger partial charge < -0.3 is 14.4 Å². The summed E-state index contributed by atoms with van der Waals surface area (Å²) in [4.78, 5) is 15.2. The van der Waals surface area contributed by atoms with E-state index in [0.29, 0.717) is 18.1 Å². The summed E-state index contributed by atoms with van der Waals surface area (Å²) in [6.07, 6.45) is 1.52. The third-order valence-electron chi connectivity index (χ3n) is 3.41. The Bertz CT molecular complexity index is 770. The van der Waals surface area contributed by atoms with Crippen molar-refractivity contribution in [2.75, 3.05) is 13.2 Å². The van der Waals surface area contributed by atoms with E-state index in [2.05, 4.69) is 15.4 Å². The Balaban J connectivity index is 1.67. The lowest BCUT2D eigenvalue weighted by Gasteiger charge is -2.21.